The topological polar surface area (TPSA) is 118 Å². The standard InChI is InChI=1S/C28H25N3O6/c1-14-3-5-16(6-4-14)25(32)15(2)29(26(33)17-7-9-18(10-8-17)31(36)37)30-27(34)23-19-11-12-20(22-13-21(19)22)24(23)28(30)35/h3-12,15,19-24H,13H2,1-2H3/t15-,19-,20-,21-,22-,23-,24+/m0/s1. The predicted octanol–water partition coefficient (Wildman–Crippen LogP) is 3.58. The SMILES string of the molecule is Cc1ccc(C(=O)[C@H](C)N(C(=O)c2ccc([N+](=O)[O-])cc2)N2C(=O)[C@@H]3[C@H]4C=C[C@@H]([C@@H]5C[C@@H]45)[C@@H]3C2=O)cc1. The van der Waals surface area contributed by atoms with Gasteiger partial charge in [0.2, 0.25) is 0 Å². The Labute approximate surface area is 212 Å². The summed E-state index contributed by atoms with van der Waals surface area (Å²) < 4.78 is 0. The molecular weight excluding hydrogens is 474 g/mol. The molecule has 0 radical (unpaired) electrons. The zero-order valence-electron chi connectivity index (χ0n) is 20.3. The van der Waals surface area contributed by atoms with Crippen LogP contribution in [0, 0.1) is 52.5 Å². The number of nitro benzene ring substituents is 1. The number of hydrogen-bond acceptors (Lipinski definition) is 6. The van der Waals surface area contributed by atoms with Gasteiger partial charge < -0.3 is 0 Å². The highest BCUT2D eigenvalue weighted by Gasteiger charge is 2.68. The monoisotopic (exact) mass is 499 g/mol. The number of hydrazine groups is 1. The van der Waals surface area contributed by atoms with Crippen molar-refractivity contribution in [1.29, 1.82) is 0 Å². The van der Waals surface area contributed by atoms with Crippen molar-refractivity contribution in [1.82, 2.24) is 10.0 Å². The molecule has 3 fully saturated rings. The predicted molar refractivity (Wildman–Crippen MR) is 131 cm³/mol. The number of aryl methyl sites for hydroxylation is 1. The second-order valence-corrected chi connectivity index (χ2v) is 10.5. The first-order valence-electron chi connectivity index (χ1n) is 12.4. The molecule has 9 nitrogen and oxygen atoms in total. The highest BCUT2D eigenvalue weighted by atomic mass is 16.6. The van der Waals surface area contributed by atoms with Crippen molar-refractivity contribution in [2.24, 2.45) is 35.5 Å². The van der Waals surface area contributed by atoms with E-state index in [1.54, 1.807) is 24.3 Å². The van der Waals surface area contributed by atoms with E-state index in [9.17, 15) is 29.3 Å². The van der Waals surface area contributed by atoms with Crippen LogP contribution in [0.4, 0.5) is 5.69 Å². The number of nitro groups is 1. The molecule has 1 saturated heterocycles. The van der Waals surface area contributed by atoms with Gasteiger partial charge in [0.05, 0.1) is 16.8 Å². The second kappa shape index (κ2) is 8.19. The maximum Gasteiger partial charge on any atom is 0.273 e. The van der Waals surface area contributed by atoms with Crippen molar-refractivity contribution < 1.29 is 24.1 Å². The van der Waals surface area contributed by atoms with Crippen molar-refractivity contribution in [3.8, 4) is 0 Å². The molecule has 4 aliphatic carbocycles. The lowest BCUT2D eigenvalue weighted by atomic mass is 9.63. The maximum absolute atomic E-state index is 13.8. The smallest absolute Gasteiger partial charge is 0.273 e. The number of imide groups is 1. The Balaban J connectivity index is 1.39. The number of amides is 3. The number of nitrogens with zero attached hydrogens (tertiary/aromatic N) is 3. The summed E-state index contributed by atoms with van der Waals surface area (Å²) in [6.07, 6.45) is 5.08. The summed E-state index contributed by atoms with van der Waals surface area (Å²) in [5.41, 5.74) is 1.14. The number of Topliss-reactive ketones (excluding diaryl/α,β-unsaturated/α-hetero) is 1. The van der Waals surface area contributed by atoms with Crippen LogP contribution in [0.2, 0.25) is 0 Å². The molecule has 2 aromatic rings. The van der Waals surface area contributed by atoms with Gasteiger partial charge in [-0.3, -0.25) is 29.3 Å². The van der Waals surface area contributed by atoms with E-state index in [0.717, 1.165) is 22.0 Å². The number of allylic oxidation sites excluding steroid dienone is 2. The van der Waals surface area contributed by atoms with Crippen LogP contribution in [0.3, 0.4) is 0 Å². The van der Waals surface area contributed by atoms with Crippen LogP contribution >= 0.6 is 0 Å². The average molecular weight is 500 g/mol. The lowest BCUT2D eigenvalue weighted by Gasteiger charge is -2.37. The third-order valence-electron chi connectivity index (χ3n) is 8.47. The van der Waals surface area contributed by atoms with Crippen LogP contribution in [0.15, 0.2) is 60.7 Å². The minimum absolute atomic E-state index is 0.0357. The quantitative estimate of drug-likeness (QED) is 0.197. The van der Waals surface area contributed by atoms with E-state index < -0.39 is 46.3 Å². The Morgan fingerprint density at radius 2 is 1.43 bits per heavy atom. The van der Waals surface area contributed by atoms with E-state index in [4.69, 9.17) is 0 Å². The fourth-order valence-corrected chi connectivity index (χ4v) is 6.52. The zero-order valence-corrected chi connectivity index (χ0v) is 20.3. The average Bonchev–Trinajstić information content (AvgIpc) is 3.68. The lowest BCUT2D eigenvalue weighted by molar-refractivity contribution is -0.384. The molecule has 5 aliphatic rings. The van der Waals surface area contributed by atoms with E-state index in [1.807, 2.05) is 19.1 Å². The normalized spacial score (nSPS) is 29.5. The van der Waals surface area contributed by atoms with Gasteiger partial charge in [-0.1, -0.05) is 42.0 Å². The summed E-state index contributed by atoms with van der Waals surface area (Å²) in [5, 5.41) is 13.0. The van der Waals surface area contributed by atoms with Crippen LogP contribution in [-0.2, 0) is 9.59 Å². The first-order chi connectivity index (χ1) is 17.7. The molecular formula is C28H25N3O6. The molecule has 37 heavy (non-hydrogen) atoms. The van der Waals surface area contributed by atoms with Gasteiger partial charge in [0, 0.05) is 23.3 Å². The molecule has 188 valence electrons. The van der Waals surface area contributed by atoms with Crippen LogP contribution in [0.5, 0.6) is 0 Å². The Morgan fingerprint density at radius 3 is 1.95 bits per heavy atom. The van der Waals surface area contributed by atoms with E-state index in [2.05, 4.69) is 0 Å². The van der Waals surface area contributed by atoms with Gasteiger partial charge in [0.1, 0.15) is 6.04 Å². The molecule has 1 heterocycles. The van der Waals surface area contributed by atoms with Crippen molar-refractivity contribution in [3.05, 3.63) is 87.5 Å². The number of non-ortho nitro benzene ring substituents is 1. The van der Waals surface area contributed by atoms with Gasteiger partial charge >= 0.3 is 0 Å². The molecule has 7 rings (SSSR count). The Hall–Kier alpha value is -4.14. The molecule has 7 atom stereocenters. The number of rotatable bonds is 6. The molecule has 0 unspecified atom stereocenters. The molecule has 2 bridgehead atoms. The van der Waals surface area contributed by atoms with Crippen LogP contribution in [0.25, 0.3) is 0 Å². The summed E-state index contributed by atoms with van der Waals surface area (Å²) in [7, 11) is 0. The Bertz CT molecular complexity index is 1350. The molecule has 3 amide bonds. The Kier molecular flexibility index (Phi) is 5.15. The van der Waals surface area contributed by atoms with Gasteiger partial charge in [-0.05, 0) is 56.1 Å². The van der Waals surface area contributed by atoms with Crippen molar-refractivity contribution >= 4 is 29.2 Å². The van der Waals surface area contributed by atoms with Gasteiger partial charge in [0.15, 0.2) is 5.78 Å². The third-order valence-corrected chi connectivity index (χ3v) is 8.47. The van der Waals surface area contributed by atoms with Gasteiger partial charge in [0.25, 0.3) is 23.4 Å². The maximum atomic E-state index is 13.8. The fourth-order valence-electron chi connectivity index (χ4n) is 6.52. The van der Waals surface area contributed by atoms with E-state index in [-0.39, 0.29) is 23.1 Å². The number of carbonyl (C=O) groups is 4. The first kappa shape index (κ1) is 23.3. The minimum Gasteiger partial charge on any atom is -0.292 e. The summed E-state index contributed by atoms with van der Waals surface area (Å²) in [5.74, 6) is -2.47. The molecule has 1 aliphatic heterocycles. The summed E-state index contributed by atoms with van der Waals surface area (Å²) in [6.45, 7) is 3.39. The van der Waals surface area contributed by atoms with Crippen molar-refractivity contribution in [2.45, 2.75) is 26.3 Å². The highest BCUT2D eigenvalue weighted by molar-refractivity contribution is 6.11. The molecule has 9 heteroatoms. The van der Waals surface area contributed by atoms with Gasteiger partial charge in [-0.25, -0.2) is 5.01 Å². The second-order valence-electron chi connectivity index (χ2n) is 10.5. The van der Waals surface area contributed by atoms with Crippen LogP contribution < -0.4 is 0 Å². The molecule has 0 spiro atoms. The summed E-state index contributed by atoms with van der Waals surface area (Å²) in [4.78, 5) is 65.5. The number of carbonyl (C=O) groups excluding carboxylic acids is 4. The highest BCUT2D eigenvalue weighted by Crippen LogP contribution is 2.65. The zero-order chi connectivity index (χ0) is 26.2. The molecule has 2 saturated carbocycles. The van der Waals surface area contributed by atoms with Crippen LogP contribution in [-0.4, -0.2) is 44.5 Å². The van der Waals surface area contributed by atoms with Crippen molar-refractivity contribution in [3.63, 3.8) is 0 Å². The lowest BCUT2D eigenvalue weighted by Crippen LogP contribution is -2.56. The number of benzene rings is 2. The number of ketones is 1. The van der Waals surface area contributed by atoms with E-state index in [0.29, 0.717) is 17.4 Å². The molecule has 0 aromatic heterocycles. The van der Waals surface area contributed by atoms with Gasteiger partial charge in [-0.15, -0.1) is 0 Å². The third kappa shape index (κ3) is 3.44. The van der Waals surface area contributed by atoms with Gasteiger partial charge in [-0.2, -0.15) is 5.01 Å². The van der Waals surface area contributed by atoms with E-state index in [1.165, 1.54) is 31.2 Å². The van der Waals surface area contributed by atoms with Crippen LogP contribution in [0.1, 0.15) is 39.6 Å². The summed E-state index contributed by atoms with van der Waals surface area (Å²) >= 11 is 0. The Morgan fingerprint density at radius 1 is 0.919 bits per heavy atom. The fraction of sp³-hybridized carbons (Fsp3) is 0.357. The summed E-state index contributed by atoms with van der Waals surface area (Å²) in [6, 6.07) is 10.6. The van der Waals surface area contributed by atoms with Crippen molar-refractivity contribution in [2.75, 3.05) is 0 Å². The molecule has 2 aromatic carbocycles. The largest absolute Gasteiger partial charge is 0.292 e. The van der Waals surface area contributed by atoms with E-state index >= 15 is 0 Å². The first-order valence-corrected chi connectivity index (χ1v) is 12.4. The minimum atomic E-state index is -1.17. The molecule has 0 N–H and O–H groups in total. The number of hydrogen-bond donors (Lipinski definition) is 0.